The van der Waals surface area contributed by atoms with Crippen molar-refractivity contribution < 1.29 is 0 Å². The lowest BCUT2D eigenvalue weighted by atomic mass is 9.58. The largest absolute Gasteiger partial charge is 0.355 e. The standard InChI is InChI=1S/C53H33BNSi/c1-4-16-34-31(13-1)27-28-38-37-19-11-21-42-50(37)53(49(34)38)30-41(53)40-29-32-14-2-3-15-33(32)48(51(40)54-42)39-20-12-26-47-52(39)55-43-22-7-10-25-46(43)56(47)44-23-8-5-17-35(44)36-18-6-9-24-45(36)56/h1-29,41,55H,30H2. The van der Waals surface area contributed by atoms with Crippen LogP contribution in [0.1, 0.15) is 29.0 Å². The van der Waals surface area contributed by atoms with E-state index in [4.69, 9.17) is 0 Å². The van der Waals surface area contributed by atoms with Gasteiger partial charge < -0.3 is 5.32 Å². The Labute approximate surface area is 327 Å². The highest BCUT2D eigenvalue weighted by Gasteiger charge is 2.64. The van der Waals surface area contributed by atoms with E-state index in [1.807, 2.05) is 0 Å². The number of nitrogens with one attached hydrogen (secondary N) is 1. The average Bonchev–Trinajstić information content (AvgIpc) is 3.85. The van der Waals surface area contributed by atoms with Gasteiger partial charge in [0.2, 0.25) is 0 Å². The van der Waals surface area contributed by atoms with Crippen LogP contribution in [0, 0.1) is 0 Å². The normalized spacial score (nSPS) is 19.0. The quantitative estimate of drug-likeness (QED) is 0.168. The van der Waals surface area contributed by atoms with Crippen LogP contribution >= 0.6 is 0 Å². The van der Waals surface area contributed by atoms with Crippen molar-refractivity contribution in [3.63, 3.8) is 0 Å². The summed E-state index contributed by atoms with van der Waals surface area (Å²) in [7, 11) is -0.120. The lowest BCUT2D eigenvalue weighted by Gasteiger charge is -2.39. The van der Waals surface area contributed by atoms with E-state index >= 15 is 0 Å². The topological polar surface area (TPSA) is 12.0 Å². The molecule has 2 aliphatic carbocycles. The summed E-state index contributed by atoms with van der Waals surface area (Å²) in [5.74, 6) is 0.397. The number of fused-ring (bicyclic) bond motifs is 16. The van der Waals surface area contributed by atoms with E-state index in [2.05, 4.69) is 189 Å². The highest BCUT2D eigenvalue weighted by Crippen LogP contribution is 2.71. The molecule has 14 rings (SSSR count). The maximum atomic E-state index is 4.13. The van der Waals surface area contributed by atoms with Crippen molar-refractivity contribution in [1.82, 2.24) is 0 Å². The van der Waals surface area contributed by atoms with Gasteiger partial charge in [0.05, 0.1) is 0 Å². The van der Waals surface area contributed by atoms with Gasteiger partial charge in [0.15, 0.2) is 15.4 Å². The molecule has 0 bridgehead atoms. The van der Waals surface area contributed by atoms with Crippen molar-refractivity contribution in [2.45, 2.75) is 17.8 Å². The molecule has 2 spiro atoms. The molecule has 3 aliphatic heterocycles. The van der Waals surface area contributed by atoms with Gasteiger partial charge in [0, 0.05) is 22.4 Å². The Bertz CT molecular complexity index is 3220. The van der Waals surface area contributed by atoms with Crippen molar-refractivity contribution >= 4 is 79.9 Å². The molecule has 2 atom stereocenters. The third-order valence-corrected chi connectivity index (χ3v) is 19.2. The van der Waals surface area contributed by atoms with Crippen molar-refractivity contribution in [3.8, 4) is 33.4 Å². The predicted octanol–water partition coefficient (Wildman–Crippen LogP) is 8.50. The van der Waals surface area contributed by atoms with Gasteiger partial charge in [0.25, 0.3) is 0 Å². The van der Waals surface area contributed by atoms with Gasteiger partial charge in [-0.25, -0.2) is 0 Å². The second-order valence-electron chi connectivity index (χ2n) is 16.6. The SMILES string of the molecule is [B]1c2cccc3c2C2(CC2c2cc4ccccc4c(-c4cccc5c4Nc4ccccc4[Si]54c5ccccc5-c5ccccc54)c21)c1c-3ccc2ccccc12. The van der Waals surface area contributed by atoms with Crippen LogP contribution in [0.5, 0.6) is 0 Å². The smallest absolute Gasteiger partial charge is 0.193 e. The fourth-order valence-corrected chi connectivity index (χ4v) is 17.7. The van der Waals surface area contributed by atoms with Crippen LogP contribution in [0.25, 0.3) is 54.9 Å². The Morgan fingerprint density at radius 1 is 0.500 bits per heavy atom. The predicted molar refractivity (Wildman–Crippen MR) is 238 cm³/mol. The zero-order valence-electron chi connectivity index (χ0n) is 30.6. The van der Waals surface area contributed by atoms with E-state index in [9.17, 15) is 0 Å². The van der Waals surface area contributed by atoms with Gasteiger partial charge in [-0.1, -0.05) is 181 Å². The maximum absolute atomic E-state index is 4.13. The van der Waals surface area contributed by atoms with Gasteiger partial charge in [-0.05, 0) is 105 Å². The molecule has 0 amide bonds. The summed E-state index contributed by atoms with van der Waals surface area (Å²) >= 11 is 0. The second kappa shape index (κ2) is 10.3. The van der Waals surface area contributed by atoms with E-state index in [-0.39, 0.29) is 5.41 Å². The van der Waals surface area contributed by atoms with Crippen LogP contribution in [0.2, 0.25) is 0 Å². The van der Waals surface area contributed by atoms with E-state index in [0.717, 1.165) is 6.42 Å². The van der Waals surface area contributed by atoms with Crippen molar-refractivity contribution in [2.24, 2.45) is 0 Å². The van der Waals surface area contributed by atoms with Crippen molar-refractivity contribution in [3.05, 3.63) is 193 Å². The summed E-state index contributed by atoms with van der Waals surface area (Å²) in [6, 6.07) is 67.4. The first-order valence-electron chi connectivity index (χ1n) is 20.0. The first-order valence-corrected chi connectivity index (χ1v) is 22.0. The van der Waals surface area contributed by atoms with Gasteiger partial charge in [-0.15, -0.1) is 0 Å². The van der Waals surface area contributed by atoms with Crippen LogP contribution in [0.3, 0.4) is 0 Å². The van der Waals surface area contributed by atoms with Gasteiger partial charge in [0.1, 0.15) is 0 Å². The van der Waals surface area contributed by atoms with Gasteiger partial charge in [-0.3, -0.25) is 0 Å². The Hall–Kier alpha value is -6.42. The second-order valence-corrected chi connectivity index (χ2v) is 20.2. The Morgan fingerprint density at radius 3 is 1.96 bits per heavy atom. The lowest BCUT2D eigenvalue weighted by Crippen LogP contribution is -2.74. The fourth-order valence-electron chi connectivity index (χ4n) is 12.2. The maximum Gasteiger partial charge on any atom is 0.193 e. The molecule has 3 heteroatoms. The highest BCUT2D eigenvalue weighted by atomic mass is 28.3. The minimum atomic E-state index is -2.69. The van der Waals surface area contributed by atoms with E-state index in [1.165, 1.54) is 109 Å². The van der Waals surface area contributed by atoms with Crippen LogP contribution in [-0.2, 0) is 5.41 Å². The summed E-state index contributed by atoms with van der Waals surface area (Å²) in [6.07, 6.45) is 1.14. The molecule has 0 aromatic heterocycles. The lowest BCUT2D eigenvalue weighted by molar-refractivity contribution is 0.848. The summed E-state index contributed by atoms with van der Waals surface area (Å²) in [6.45, 7) is 0. The van der Waals surface area contributed by atoms with Crippen molar-refractivity contribution in [1.29, 1.82) is 0 Å². The molecule has 9 aromatic carbocycles. The van der Waals surface area contributed by atoms with Crippen LogP contribution in [0.15, 0.2) is 176 Å². The minimum Gasteiger partial charge on any atom is -0.355 e. The molecule has 1 saturated carbocycles. The Kier molecular flexibility index (Phi) is 5.47. The number of hydrogen-bond donors (Lipinski definition) is 1. The molecule has 0 saturated heterocycles. The monoisotopic (exact) mass is 722 g/mol. The van der Waals surface area contributed by atoms with Gasteiger partial charge >= 0.3 is 0 Å². The number of anilines is 2. The first-order chi connectivity index (χ1) is 27.8. The summed E-state index contributed by atoms with van der Waals surface area (Å²) in [5, 5.41) is 15.4. The third kappa shape index (κ3) is 3.39. The number of rotatable bonds is 1. The average molecular weight is 723 g/mol. The molecule has 2 unspecified atom stereocenters. The van der Waals surface area contributed by atoms with Crippen LogP contribution in [-0.4, -0.2) is 15.4 Å². The minimum absolute atomic E-state index is 0.0227. The molecule has 1 N–H and O–H groups in total. The van der Waals surface area contributed by atoms with Crippen LogP contribution < -0.4 is 37.0 Å². The van der Waals surface area contributed by atoms with E-state index in [0.29, 0.717) is 5.92 Å². The number of benzene rings is 9. The summed E-state index contributed by atoms with van der Waals surface area (Å²) in [4.78, 5) is 0. The first kappa shape index (κ1) is 29.9. The molecule has 1 nitrogen and oxygen atoms in total. The zero-order valence-corrected chi connectivity index (χ0v) is 31.6. The van der Waals surface area contributed by atoms with Gasteiger partial charge in [-0.2, -0.15) is 0 Å². The molecule has 1 fully saturated rings. The van der Waals surface area contributed by atoms with E-state index in [1.54, 1.807) is 5.56 Å². The third-order valence-electron chi connectivity index (χ3n) is 14.2. The van der Waals surface area contributed by atoms with Crippen LogP contribution in [0.4, 0.5) is 11.4 Å². The molecule has 56 heavy (non-hydrogen) atoms. The fraction of sp³-hybridized carbons (Fsp3) is 0.0566. The van der Waals surface area contributed by atoms with Crippen molar-refractivity contribution in [2.75, 3.05) is 5.32 Å². The Morgan fingerprint density at radius 2 is 1.12 bits per heavy atom. The highest BCUT2D eigenvalue weighted by molar-refractivity contribution is 7.23. The number of para-hydroxylation sites is 2. The molecule has 9 aromatic rings. The number of hydrogen-bond acceptors (Lipinski definition) is 1. The molecular formula is C53H33BNSi. The Balaban J connectivity index is 1.08. The molecule has 5 aliphatic rings. The van der Waals surface area contributed by atoms with E-state index < -0.39 is 8.07 Å². The molecule has 3 heterocycles. The summed E-state index contributed by atoms with van der Waals surface area (Å²) < 4.78 is 0. The molecule has 1 radical (unpaired) electrons. The molecular weight excluding hydrogens is 689 g/mol. The summed E-state index contributed by atoms with van der Waals surface area (Å²) in [5.41, 5.74) is 18.0. The zero-order chi connectivity index (χ0) is 36.3. The molecule has 257 valence electrons.